The second-order valence-corrected chi connectivity index (χ2v) is 9.93. The van der Waals surface area contributed by atoms with Crippen LogP contribution in [-0.2, 0) is 17.6 Å². The van der Waals surface area contributed by atoms with Crippen molar-refractivity contribution in [3.63, 3.8) is 0 Å². The molecule has 0 aliphatic carbocycles. The van der Waals surface area contributed by atoms with Crippen LogP contribution in [0, 0.1) is 13.8 Å². The maximum atomic E-state index is 13.3. The minimum absolute atomic E-state index is 0.154. The molecule has 5 N–H and O–H groups in total. The molecule has 37 heavy (non-hydrogen) atoms. The number of hydrogen-bond acceptors (Lipinski definition) is 5. The topological polar surface area (TPSA) is 101 Å². The number of amides is 1. The van der Waals surface area contributed by atoms with E-state index in [2.05, 4.69) is 34.9 Å². The lowest BCUT2D eigenvalue weighted by Crippen LogP contribution is -2.44. The van der Waals surface area contributed by atoms with E-state index in [1.165, 1.54) is 11.1 Å². The molecule has 6 nitrogen and oxygen atoms in total. The number of aryl methyl sites for hydroxylation is 2. The van der Waals surface area contributed by atoms with Gasteiger partial charge in [-0.25, -0.2) is 0 Å². The summed E-state index contributed by atoms with van der Waals surface area (Å²) in [4.78, 5) is 13.3. The number of benzene rings is 3. The van der Waals surface area contributed by atoms with E-state index in [1.807, 2.05) is 38.1 Å². The molecule has 4 aromatic rings. The summed E-state index contributed by atoms with van der Waals surface area (Å²) >= 11 is 0. The number of phenolic OH excluding ortho intramolecular Hbond substituents is 1. The molecule has 0 radical (unpaired) electrons. The van der Waals surface area contributed by atoms with Gasteiger partial charge in [-0.1, -0.05) is 36.4 Å². The second kappa shape index (κ2) is 10.5. The van der Waals surface area contributed by atoms with Gasteiger partial charge in [-0.15, -0.1) is 0 Å². The van der Waals surface area contributed by atoms with Crippen LogP contribution in [0.25, 0.3) is 11.1 Å². The Kier molecular flexibility index (Phi) is 7.01. The Morgan fingerprint density at radius 2 is 1.86 bits per heavy atom. The van der Waals surface area contributed by atoms with Gasteiger partial charge in [-0.3, -0.25) is 4.79 Å². The molecule has 1 aliphatic heterocycles. The predicted molar refractivity (Wildman–Crippen MR) is 147 cm³/mol. The van der Waals surface area contributed by atoms with Crippen LogP contribution in [0.15, 0.2) is 77.6 Å². The molecule has 5 rings (SSSR count). The van der Waals surface area contributed by atoms with E-state index in [4.69, 9.17) is 10.2 Å². The Balaban J connectivity index is 1.43. The van der Waals surface area contributed by atoms with Crippen molar-refractivity contribution < 1.29 is 14.3 Å². The van der Waals surface area contributed by atoms with E-state index in [9.17, 15) is 9.90 Å². The van der Waals surface area contributed by atoms with Gasteiger partial charge in [0, 0.05) is 23.4 Å². The quantitative estimate of drug-likeness (QED) is 0.275. The van der Waals surface area contributed by atoms with Gasteiger partial charge < -0.3 is 25.9 Å². The number of anilines is 1. The Morgan fingerprint density at radius 1 is 1.11 bits per heavy atom. The smallest absolute Gasteiger partial charge is 0.237 e. The second-order valence-electron chi connectivity index (χ2n) is 9.93. The van der Waals surface area contributed by atoms with Gasteiger partial charge in [-0.05, 0) is 90.8 Å². The van der Waals surface area contributed by atoms with Crippen molar-refractivity contribution in [2.45, 2.75) is 45.2 Å². The van der Waals surface area contributed by atoms with Crippen LogP contribution in [0.2, 0.25) is 0 Å². The van der Waals surface area contributed by atoms with Gasteiger partial charge in [0.15, 0.2) is 0 Å². The molecular weight excluding hydrogens is 462 g/mol. The number of nitrogens with two attached hydrogens (primary N) is 1. The largest absolute Gasteiger partial charge is 0.508 e. The molecular formula is C31H33N3O3. The molecule has 190 valence electrons. The highest BCUT2D eigenvalue weighted by Crippen LogP contribution is 2.40. The van der Waals surface area contributed by atoms with Gasteiger partial charge in [0.25, 0.3) is 0 Å². The van der Waals surface area contributed by atoms with Crippen LogP contribution >= 0.6 is 0 Å². The van der Waals surface area contributed by atoms with Crippen LogP contribution in [0.1, 0.15) is 45.8 Å². The molecule has 0 spiro atoms. The number of fused-ring (bicyclic) bond motifs is 1. The van der Waals surface area contributed by atoms with Crippen molar-refractivity contribution in [3.8, 4) is 16.9 Å². The van der Waals surface area contributed by atoms with Crippen molar-refractivity contribution in [1.82, 2.24) is 5.32 Å². The molecule has 1 aromatic heterocycles. The average molecular weight is 496 g/mol. The zero-order valence-corrected chi connectivity index (χ0v) is 21.3. The summed E-state index contributed by atoms with van der Waals surface area (Å²) < 4.78 is 5.39. The number of rotatable bonds is 7. The Morgan fingerprint density at radius 3 is 2.57 bits per heavy atom. The standard InChI is InChI=1S/C31H33N3O3/c1-19-12-24(35)13-20(2)25(19)17-28(32)31(36)34-29-8-10-33-30-26(23-9-11-37-18-23)15-22(16-27(29)30)14-21-6-4-3-5-7-21/h3-7,9,11-13,15-16,18,28-29,33,35H,8,10,14,17,32H2,1-2H3,(H,34,36)/t28-,29+/m0/s1. The van der Waals surface area contributed by atoms with E-state index >= 15 is 0 Å². The third-order valence-corrected chi connectivity index (χ3v) is 7.18. The fourth-order valence-corrected chi connectivity index (χ4v) is 5.31. The number of carbonyl (C=O) groups is 1. The first-order chi connectivity index (χ1) is 17.9. The highest BCUT2D eigenvalue weighted by Gasteiger charge is 2.27. The molecule has 0 saturated carbocycles. The van der Waals surface area contributed by atoms with Crippen LogP contribution < -0.4 is 16.4 Å². The lowest BCUT2D eigenvalue weighted by Gasteiger charge is -2.31. The molecule has 1 aliphatic rings. The molecule has 6 heteroatoms. The van der Waals surface area contributed by atoms with Gasteiger partial charge in [0.1, 0.15) is 5.75 Å². The summed E-state index contributed by atoms with van der Waals surface area (Å²) in [6.07, 6.45) is 5.40. The molecule has 1 amide bonds. The van der Waals surface area contributed by atoms with E-state index in [0.29, 0.717) is 6.42 Å². The van der Waals surface area contributed by atoms with Gasteiger partial charge in [0.05, 0.1) is 24.6 Å². The van der Waals surface area contributed by atoms with Crippen LogP contribution in [0.3, 0.4) is 0 Å². The Labute approximate surface area is 217 Å². The van der Waals surface area contributed by atoms with E-state index in [-0.39, 0.29) is 17.7 Å². The number of phenols is 1. The Hall–Kier alpha value is -4.03. The lowest BCUT2D eigenvalue weighted by molar-refractivity contribution is -0.123. The highest BCUT2D eigenvalue weighted by atomic mass is 16.3. The van der Waals surface area contributed by atoms with Gasteiger partial charge in [0.2, 0.25) is 5.91 Å². The van der Waals surface area contributed by atoms with Crippen LogP contribution in [0.5, 0.6) is 5.75 Å². The first kappa shape index (κ1) is 24.7. The monoisotopic (exact) mass is 495 g/mol. The maximum Gasteiger partial charge on any atom is 0.237 e. The Bertz CT molecular complexity index is 1370. The fraction of sp³-hybridized carbons (Fsp3) is 0.258. The third-order valence-electron chi connectivity index (χ3n) is 7.18. The van der Waals surface area contributed by atoms with Gasteiger partial charge >= 0.3 is 0 Å². The van der Waals surface area contributed by atoms with E-state index < -0.39 is 6.04 Å². The molecule has 2 atom stereocenters. The summed E-state index contributed by atoms with van der Waals surface area (Å²) in [5, 5.41) is 16.6. The first-order valence-corrected chi connectivity index (χ1v) is 12.7. The number of nitrogens with one attached hydrogen (secondary N) is 2. The van der Waals surface area contributed by atoms with Crippen LogP contribution in [-0.4, -0.2) is 23.6 Å². The number of aromatic hydroxyl groups is 1. The first-order valence-electron chi connectivity index (χ1n) is 12.7. The predicted octanol–water partition coefficient (Wildman–Crippen LogP) is 5.40. The highest BCUT2D eigenvalue weighted by molar-refractivity contribution is 5.85. The van der Waals surface area contributed by atoms with Crippen molar-refractivity contribution >= 4 is 11.6 Å². The van der Waals surface area contributed by atoms with Crippen molar-refractivity contribution in [2.24, 2.45) is 5.73 Å². The lowest BCUT2D eigenvalue weighted by atomic mass is 9.88. The number of hydrogen-bond donors (Lipinski definition) is 4. The van der Waals surface area contributed by atoms with Crippen molar-refractivity contribution in [2.75, 3.05) is 11.9 Å². The number of furan rings is 1. The molecule has 0 saturated heterocycles. The fourth-order valence-electron chi connectivity index (χ4n) is 5.31. The summed E-state index contributed by atoms with van der Waals surface area (Å²) in [5.74, 6) is 0.0471. The minimum atomic E-state index is -0.693. The zero-order valence-electron chi connectivity index (χ0n) is 21.3. The van der Waals surface area contributed by atoms with Crippen molar-refractivity contribution in [1.29, 1.82) is 0 Å². The average Bonchev–Trinajstić information content (AvgIpc) is 3.41. The molecule has 2 heterocycles. The summed E-state index contributed by atoms with van der Waals surface area (Å²) in [6.45, 7) is 4.61. The maximum absolute atomic E-state index is 13.3. The minimum Gasteiger partial charge on any atom is -0.508 e. The summed E-state index contributed by atoms with van der Waals surface area (Å²) in [5.41, 5.74) is 15.8. The molecule has 0 fully saturated rings. The van der Waals surface area contributed by atoms with Gasteiger partial charge in [-0.2, -0.15) is 0 Å². The molecule has 0 unspecified atom stereocenters. The SMILES string of the molecule is Cc1cc(O)cc(C)c1C[C@H](N)C(=O)N[C@@H]1CCNc2c(-c3ccoc3)cc(Cc3ccccc3)cc21. The van der Waals surface area contributed by atoms with Crippen molar-refractivity contribution in [3.05, 3.63) is 107 Å². The van der Waals surface area contributed by atoms with E-state index in [1.54, 1.807) is 24.7 Å². The normalized spacial score (nSPS) is 15.5. The molecule has 0 bridgehead atoms. The third kappa shape index (κ3) is 5.39. The molecule has 3 aromatic carbocycles. The summed E-state index contributed by atoms with van der Waals surface area (Å²) in [6, 6.07) is 19.3. The van der Waals surface area contributed by atoms with E-state index in [0.717, 1.165) is 58.5 Å². The number of carbonyl (C=O) groups excluding carboxylic acids is 1. The van der Waals surface area contributed by atoms with Crippen LogP contribution in [0.4, 0.5) is 5.69 Å². The zero-order chi connectivity index (χ0) is 25.9. The summed E-state index contributed by atoms with van der Waals surface area (Å²) in [7, 11) is 0.